The maximum Gasteiger partial charge on any atom is 0.254 e. The Morgan fingerprint density at radius 2 is 2.06 bits per heavy atom. The molecule has 0 heterocycles. The Balaban J connectivity index is 2.95. The van der Waals surface area contributed by atoms with Gasteiger partial charge >= 0.3 is 0 Å². The Hall–Kier alpha value is -1.02. The summed E-state index contributed by atoms with van der Waals surface area (Å²) in [4.78, 5) is 13.9. The lowest BCUT2D eigenvalue weighted by Gasteiger charge is -2.24. The minimum Gasteiger partial charge on any atom is -0.338 e. The van der Waals surface area contributed by atoms with Crippen molar-refractivity contribution >= 4 is 17.5 Å². The number of halogens is 1. The van der Waals surface area contributed by atoms with Crippen molar-refractivity contribution in [3.05, 3.63) is 35.4 Å². The first-order chi connectivity index (χ1) is 7.61. The van der Waals surface area contributed by atoms with Crippen LogP contribution >= 0.6 is 11.6 Å². The fourth-order valence-electron chi connectivity index (χ4n) is 1.53. The van der Waals surface area contributed by atoms with Crippen molar-refractivity contribution < 1.29 is 4.79 Å². The lowest BCUT2D eigenvalue weighted by Crippen LogP contribution is -2.36. The van der Waals surface area contributed by atoms with Gasteiger partial charge in [0, 0.05) is 24.5 Å². The van der Waals surface area contributed by atoms with Gasteiger partial charge in [0.2, 0.25) is 0 Å². The highest BCUT2D eigenvalue weighted by Gasteiger charge is 2.18. The average molecular weight is 240 g/mol. The molecular weight excluding hydrogens is 222 g/mol. The van der Waals surface area contributed by atoms with Crippen molar-refractivity contribution in [2.24, 2.45) is 0 Å². The summed E-state index contributed by atoms with van der Waals surface area (Å²) in [6.07, 6.45) is 0.866. The van der Waals surface area contributed by atoms with Crippen LogP contribution in [0.4, 0.5) is 0 Å². The van der Waals surface area contributed by atoms with Crippen molar-refractivity contribution in [3.8, 4) is 0 Å². The minimum absolute atomic E-state index is 0.0469. The number of alkyl halides is 1. The molecule has 0 N–H and O–H groups in total. The maximum atomic E-state index is 12.2. The number of carbonyl (C=O) groups is 1. The van der Waals surface area contributed by atoms with Gasteiger partial charge in [-0.3, -0.25) is 4.79 Å². The summed E-state index contributed by atoms with van der Waals surface area (Å²) in [6.45, 7) is 4.00. The third-order valence-electron chi connectivity index (χ3n) is 2.83. The summed E-state index contributed by atoms with van der Waals surface area (Å²) in [6, 6.07) is 7.77. The normalized spacial score (nSPS) is 12.2. The number of hydrogen-bond donors (Lipinski definition) is 0. The van der Waals surface area contributed by atoms with E-state index in [0.717, 1.165) is 17.5 Å². The topological polar surface area (TPSA) is 20.3 Å². The number of amides is 1. The zero-order chi connectivity index (χ0) is 12.1. The fraction of sp³-hybridized carbons (Fsp3) is 0.462. The standard InChI is InChI=1S/C13H18ClNO/c1-4-11-7-5-6-8-12(11)13(16)15(3)10(2)9-14/h5-8,10H,4,9H2,1-3H3. The summed E-state index contributed by atoms with van der Waals surface area (Å²) in [5, 5.41) is 0. The van der Waals surface area contributed by atoms with Gasteiger partial charge in [-0.05, 0) is 25.0 Å². The van der Waals surface area contributed by atoms with E-state index in [1.165, 1.54) is 0 Å². The Bertz CT molecular complexity index is 365. The molecule has 0 aliphatic heterocycles. The molecule has 2 nitrogen and oxygen atoms in total. The van der Waals surface area contributed by atoms with Gasteiger partial charge in [-0.2, -0.15) is 0 Å². The molecule has 1 aromatic rings. The molecule has 1 amide bonds. The Kier molecular flexibility index (Phi) is 4.81. The van der Waals surface area contributed by atoms with Gasteiger partial charge in [0.15, 0.2) is 0 Å². The number of benzene rings is 1. The molecule has 0 saturated carbocycles. The van der Waals surface area contributed by atoms with Crippen molar-refractivity contribution in [3.63, 3.8) is 0 Å². The second-order valence-corrected chi connectivity index (χ2v) is 4.24. The zero-order valence-corrected chi connectivity index (χ0v) is 10.8. The molecule has 0 saturated heterocycles. The smallest absolute Gasteiger partial charge is 0.254 e. The summed E-state index contributed by atoms with van der Waals surface area (Å²) in [5.41, 5.74) is 1.87. The molecule has 16 heavy (non-hydrogen) atoms. The number of hydrogen-bond acceptors (Lipinski definition) is 1. The molecule has 0 spiro atoms. The SMILES string of the molecule is CCc1ccccc1C(=O)N(C)C(C)CCl. The van der Waals surface area contributed by atoms with Crippen LogP contribution in [-0.2, 0) is 6.42 Å². The Morgan fingerprint density at radius 1 is 1.44 bits per heavy atom. The largest absolute Gasteiger partial charge is 0.338 e. The Labute approximate surface area is 102 Å². The highest BCUT2D eigenvalue weighted by atomic mass is 35.5. The van der Waals surface area contributed by atoms with E-state index in [4.69, 9.17) is 11.6 Å². The van der Waals surface area contributed by atoms with Crippen LogP contribution in [0, 0.1) is 0 Å². The van der Waals surface area contributed by atoms with Crippen LogP contribution in [0.25, 0.3) is 0 Å². The molecule has 3 heteroatoms. The molecule has 0 aliphatic rings. The van der Waals surface area contributed by atoms with E-state index in [0.29, 0.717) is 5.88 Å². The predicted molar refractivity (Wildman–Crippen MR) is 68.1 cm³/mol. The molecule has 1 rings (SSSR count). The predicted octanol–water partition coefficient (Wildman–Crippen LogP) is 2.95. The van der Waals surface area contributed by atoms with Gasteiger partial charge in [0.25, 0.3) is 5.91 Å². The van der Waals surface area contributed by atoms with Crippen molar-refractivity contribution in [2.75, 3.05) is 12.9 Å². The molecule has 0 bridgehead atoms. The van der Waals surface area contributed by atoms with E-state index in [1.807, 2.05) is 31.2 Å². The molecule has 0 aromatic heterocycles. The Morgan fingerprint density at radius 3 is 2.62 bits per heavy atom. The minimum atomic E-state index is 0.0469. The summed E-state index contributed by atoms with van der Waals surface area (Å²) in [7, 11) is 1.79. The molecule has 1 atom stereocenters. The van der Waals surface area contributed by atoms with E-state index in [2.05, 4.69) is 6.92 Å². The first kappa shape index (κ1) is 13.0. The van der Waals surface area contributed by atoms with E-state index in [9.17, 15) is 4.79 Å². The first-order valence-corrected chi connectivity index (χ1v) is 6.06. The van der Waals surface area contributed by atoms with Crippen LogP contribution in [0.3, 0.4) is 0 Å². The number of nitrogens with zero attached hydrogens (tertiary/aromatic N) is 1. The highest BCUT2D eigenvalue weighted by Crippen LogP contribution is 2.13. The molecule has 0 radical (unpaired) electrons. The first-order valence-electron chi connectivity index (χ1n) is 5.52. The summed E-state index contributed by atoms with van der Waals surface area (Å²) in [5.74, 6) is 0.502. The number of aryl methyl sites for hydroxylation is 1. The second kappa shape index (κ2) is 5.90. The molecule has 1 unspecified atom stereocenters. The van der Waals surface area contributed by atoms with Crippen LogP contribution in [0.15, 0.2) is 24.3 Å². The fourth-order valence-corrected chi connectivity index (χ4v) is 1.74. The van der Waals surface area contributed by atoms with E-state index < -0.39 is 0 Å². The van der Waals surface area contributed by atoms with Gasteiger partial charge in [-0.25, -0.2) is 0 Å². The average Bonchev–Trinajstić information content (AvgIpc) is 2.35. The number of carbonyl (C=O) groups excluding carboxylic acids is 1. The van der Waals surface area contributed by atoms with E-state index in [1.54, 1.807) is 11.9 Å². The number of rotatable bonds is 4. The summed E-state index contributed by atoms with van der Waals surface area (Å²) >= 11 is 5.76. The third-order valence-corrected chi connectivity index (χ3v) is 3.28. The van der Waals surface area contributed by atoms with Gasteiger partial charge < -0.3 is 4.90 Å². The van der Waals surface area contributed by atoms with E-state index in [-0.39, 0.29) is 11.9 Å². The van der Waals surface area contributed by atoms with Gasteiger partial charge in [-0.1, -0.05) is 25.1 Å². The van der Waals surface area contributed by atoms with Crippen LogP contribution in [0.1, 0.15) is 29.8 Å². The highest BCUT2D eigenvalue weighted by molar-refractivity contribution is 6.18. The van der Waals surface area contributed by atoms with Crippen molar-refractivity contribution in [2.45, 2.75) is 26.3 Å². The quantitative estimate of drug-likeness (QED) is 0.740. The van der Waals surface area contributed by atoms with Gasteiger partial charge in [0.05, 0.1) is 0 Å². The van der Waals surface area contributed by atoms with Crippen molar-refractivity contribution in [1.29, 1.82) is 0 Å². The van der Waals surface area contributed by atoms with Crippen molar-refractivity contribution in [1.82, 2.24) is 4.90 Å². The molecule has 1 aromatic carbocycles. The monoisotopic (exact) mass is 239 g/mol. The third kappa shape index (κ3) is 2.76. The second-order valence-electron chi connectivity index (χ2n) is 3.93. The molecule has 0 fully saturated rings. The lowest BCUT2D eigenvalue weighted by molar-refractivity contribution is 0.0755. The van der Waals surface area contributed by atoms with Crippen LogP contribution < -0.4 is 0 Å². The van der Waals surface area contributed by atoms with E-state index >= 15 is 0 Å². The van der Waals surface area contributed by atoms with Crippen LogP contribution in [0.5, 0.6) is 0 Å². The maximum absolute atomic E-state index is 12.2. The molecule has 88 valence electrons. The lowest BCUT2D eigenvalue weighted by atomic mass is 10.0. The van der Waals surface area contributed by atoms with Gasteiger partial charge in [-0.15, -0.1) is 11.6 Å². The van der Waals surface area contributed by atoms with Gasteiger partial charge in [0.1, 0.15) is 0 Å². The molecular formula is C13H18ClNO. The van der Waals surface area contributed by atoms with Crippen LogP contribution in [0.2, 0.25) is 0 Å². The molecule has 0 aliphatic carbocycles. The summed E-state index contributed by atoms with van der Waals surface area (Å²) < 4.78 is 0. The van der Waals surface area contributed by atoms with Crippen LogP contribution in [-0.4, -0.2) is 29.8 Å². The zero-order valence-electron chi connectivity index (χ0n) is 10.0.